The predicted octanol–water partition coefficient (Wildman–Crippen LogP) is 0.610. The third-order valence-corrected chi connectivity index (χ3v) is 3.93. The largest absolute Gasteiger partial charge is 0.392 e. The van der Waals surface area contributed by atoms with Crippen molar-refractivity contribution in [3.63, 3.8) is 0 Å². The van der Waals surface area contributed by atoms with Gasteiger partial charge in [-0.05, 0) is 12.8 Å². The SMILES string of the molecule is CN(Cc1ncn[nH]1)C(=O)C1(C(N)=S)CCCC1. The molecule has 1 saturated carbocycles. The molecule has 1 aliphatic carbocycles. The third-order valence-electron chi connectivity index (χ3n) is 3.54. The Morgan fingerprint density at radius 1 is 1.61 bits per heavy atom. The average molecular weight is 267 g/mol. The van der Waals surface area contributed by atoms with Crippen LogP contribution in [0.15, 0.2) is 6.33 Å². The number of nitrogens with two attached hydrogens (primary N) is 1. The maximum absolute atomic E-state index is 12.5. The Labute approximate surface area is 111 Å². The third kappa shape index (κ3) is 2.22. The lowest BCUT2D eigenvalue weighted by atomic mass is 9.84. The maximum Gasteiger partial charge on any atom is 0.235 e. The number of amides is 1. The Balaban J connectivity index is 2.11. The molecule has 0 aliphatic heterocycles. The molecule has 2 rings (SSSR count). The Bertz CT molecular complexity index is 438. The molecule has 1 fully saturated rings. The molecule has 0 spiro atoms. The van der Waals surface area contributed by atoms with E-state index in [2.05, 4.69) is 15.2 Å². The normalized spacial score (nSPS) is 17.6. The summed E-state index contributed by atoms with van der Waals surface area (Å²) in [6.45, 7) is 0.392. The fraction of sp³-hybridized carbons (Fsp3) is 0.636. The van der Waals surface area contributed by atoms with Gasteiger partial charge in [0.05, 0.1) is 16.9 Å². The van der Waals surface area contributed by atoms with Gasteiger partial charge in [-0.2, -0.15) is 5.10 Å². The average Bonchev–Trinajstić information content (AvgIpc) is 2.98. The van der Waals surface area contributed by atoms with E-state index in [9.17, 15) is 4.79 Å². The number of aromatic amines is 1. The molecule has 3 N–H and O–H groups in total. The van der Waals surface area contributed by atoms with Crippen molar-refractivity contribution >= 4 is 23.1 Å². The molecule has 0 aromatic carbocycles. The molecule has 0 radical (unpaired) electrons. The van der Waals surface area contributed by atoms with Gasteiger partial charge in [0.1, 0.15) is 12.2 Å². The van der Waals surface area contributed by atoms with Gasteiger partial charge >= 0.3 is 0 Å². The highest BCUT2D eigenvalue weighted by molar-refractivity contribution is 7.80. The van der Waals surface area contributed by atoms with Crippen LogP contribution in [0.5, 0.6) is 0 Å². The quantitative estimate of drug-likeness (QED) is 0.780. The summed E-state index contributed by atoms with van der Waals surface area (Å²) in [7, 11) is 1.74. The molecular formula is C11H17N5OS. The summed E-state index contributed by atoms with van der Waals surface area (Å²) >= 11 is 5.11. The molecule has 0 bridgehead atoms. The van der Waals surface area contributed by atoms with Crippen LogP contribution in [0.3, 0.4) is 0 Å². The number of hydrogen-bond donors (Lipinski definition) is 2. The first-order valence-corrected chi connectivity index (χ1v) is 6.37. The minimum absolute atomic E-state index is 0.0103. The zero-order valence-electron chi connectivity index (χ0n) is 10.3. The molecule has 7 heteroatoms. The highest BCUT2D eigenvalue weighted by atomic mass is 32.1. The molecule has 0 saturated heterocycles. The number of thiocarbonyl (C=S) groups is 1. The molecular weight excluding hydrogens is 250 g/mol. The van der Waals surface area contributed by atoms with Crippen LogP contribution in [0.4, 0.5) is 0 Å². The van der Waals surface area contributed by atoms with Crippen LogP contribution >= 0.6 is 12.2 Å². The smallest absolute Gasteiger partial charge is 0.235 e. The first-order chi connectivity index (χ1) is 8.56. The number of hydrogen-bond acceptors (Lipinski definition) is 4. The van der Waals surface area contributed by atoms with Crippen molar-refractivity contribution in [1.29, 1.82) is 0 Å². The van der Waals surface area contributed by atoms with Crippen molar-refractivity contribution in [2.75, 3.05) is 7.05 Å². The summed E-state index contributed by atoms with van der Waals surface area (Å²) in [6, 6.07) is 0. The minimum atomic E-state index is -0.649. The topological polar surface area (TPSA) is 87.9 Å². The molecule has 98 valence electrons. The summed E-state index contributed by atoms with van der Waals surface area (Å²) in [5, 5.41) is 6.50. The van der Waals surface area contributed by atoms with E-state index in [4.69, 9.17) is 18.0 Å². The van der Waals surface area contributed by atoms with Gasteiger partial charge in [0.2, 0.25) is 5.91 Å². The van der Waals surface area contributed by atoms with E-state index in [0.717, 1.165) is 25.7 Å². The summed E-state index contributed by atoms with van der Waals surface area (Å²) in [4.78, 5) is 18.5. The van der Waals surface area contributed by atoms with Crippen molar-refractivity contribution in [3.05, 3.63) is 12.2 Å². The van der Waals surface area contributed by atoms with Gasteiger partial charge in [-0.1, -0.05) is 25.1 Å². The second-order valence-corrected chi connectivity index (χ2v) is 5.19. The zero-order valence-corrected chi connectivity index (χ0v) is 11.2. The standard InChI is InChI=1S/C11H17N5OS/c1-16(6-8-13-7-14-15-8)10(17)11(9(12)18)4-2-3-5-11/h7H,2-6H2,1H3,(H2,12,18)(H,13,14,15). The number of rotatable bonds is 4. The fourth-order valence-corrected chi connectivity index (χ4v) is 2.80. The van der Waals surface area contributed by atoms with Gasteiger partial charge in [-0.15, -0.1) is 0 Å². The highest BCUT2D eigenvalue weighted by Gasteiger charge is 2.45. The fourth-order valence-electron chi connectivity index (χ4n) is 2.51. The Kier molecular flexibility index (Phi) is 3.60. The molecule has 6 nitrogen and oxygen atoms in total. The van der Waals surface area contributed by atoms with E-state index >= 15 is 0 Å². The van der Waals surface area contributed by atoms with Crippen LogP contribution in [-0.2, 0) is 11.3 Å². The zero-order chi connectivity index (χ0) is 13.2. The number of carbonyl (C=O) groups is 1. The number of nitrogens with zero attached hydrogens (tertiary/aromatic N) is 3. The lowest BCUT2D eigenvalue weighted by Gasteiger charge is -2.30. The first kappa shape index (κ1) is 12.9. The Hall–Kier alpha value is -1.50. The van der Waals surface area contributed by atoms with Crippen LogP contribution in [0.2, 0.25) is 0 Å². The van der Waals surface area contributed by atoms with Gasteiger partial charge < -0.3 is 10.6 Å². The van der Waals surface area contributed by atoms with Gasteiger partial charge in [-0.25, -0.2) is 4.98 Å². The summed E-state index contributed by atoms with van der Waals surface area (Å²) in [6.07, 6.45) is 4.93. The number of nitrogens with one attached hydrogen (secondary N) is 1. The van der Waals surface area contributed by atoms with E-state index in [1.165, 1.54) is 6.33 Å². The van der Waals surface area contributed by atoms with Crippen LogP contribution in [-0.4, -0.2) is 38.0 Å². The van der Waals surface area contributed by atoms with Crippen molar-refractivity contribution < 1.29 is 4.79 Å². The lowest BCUT2D eigenvalue weighted by Crippen LogP contribution is -2.47. The van der Waals surface area contributed by atoms with Gasteiger partial charge in [0.15, 0.2) is 0 Å². The van der Waals surface area contributed by atoms with Crippen LogP contribution in [0, 0.1) is 5.41 Å². The molecule has 1 amide bonds. The van der Waals surface area contributed by atoms with E-state index in [1.807, 2.05) is 0 Å². The number of H-pyrrole nitrogens is 1. The van der Waals surface area contributed by atoms with Crippen LogP contribution in [0.25, 0.3) is 0 Å². The minimum Gasteiger partial charge on any atom is -0.392 e. The monoisotopic (exact) mass is 267 g/mol. The molecule has 1 aromatic heterocycles. The molecule has 0 unspecified atom stereocenters. The van der Waals surface area contributed by atoms with Crippen LogP contribution in [0.1, 0.15) is 31.5 Å². The molecule has 1 aromatic rings. The van der Waals surface area contributed by atoms with E-state index in [1.54, 1.807) is 11.9 Å². The summed E-state index contributed by atoms with van der Waals surface area (Å²) in [5.41, 5.74) is 5.14. The van der Waals surface area contributed by atoms with Crippen molar-refractivity contribution in [2.45, 2.75) is 32.2 Å². The second kappa shape index (κ2) is 5.01. The molecule has 0 atom stereocenters. The molecule has 1 aliphatic rings. The van der Waals surface area contributed by atoms with Gasteiger partial charge in [0.25, 0.3) is 0 Å². The van der Waals surface area contributed by atoms with Crippen LogP contribution < -0.4 is 5.73 Å². The second-order valence-electron chi connectivity index (χ2n) is 4.75. The highest BCUT2D eigenvalue weighted by Crippen LogP contribution is 2.40. The summed E-state index contributed by atoms with van der Waals surface area (Å²) in [5.74, 6) is 0.644. The maximum atomic E-state index is 12.5. The van der Waals surface area contributed by atoms with E-state index in [-0.39, 0.29) is 5.91 Å². The predicted molar refractivity (Wildman–Crippen MR) is 70.5 cm³/mol. The number of aromatic nitrogens is 3. The van der Waals surface area contributed by atoms with Gasteiger partial charge in [-0.3, -0.25) is 9.89 Å². The van der Waals surface area contributed by atoms with Crippen molar-refractivity contribution in [2.24, 2.45) is 11.1 Å². The number of carbonyl (C=O) groups excluding carboxylic acids is 1. The van der Waals surface area contributed by atoms with Gasteiger partial charge in [0, 0.05) is 7.05 Å². The summed E-state index contributed by atoms with van der Waals surface area (Å²) < 4.78 is 0. The van der Waals surface area contributed by atoms with E-state index < -0.39 is 5.41 Å². The Morgan fingerprint density at radius 3 is 2.78 bits per heavy atom. The molecule has 18 heavy (non-hydrogen) atoms. The molecule has 1 heterocycles. The Morgan fingerprint density at radius 2 is 2.28 bits per heavy atom. The first-order valence-electron chi connectivity index (χ1n) is 5.96. The van der Waals surface area contributed by atoms with Crippen molar-refractivity contribution in [1.82, 2.24) is 20.1 Å². The van der Waals surface area contributed by atoms with Crippen molar-refractivity contribution in [3.8, 4) is 0 Å². The lowest BCUT2D eigenvalue weighted by molar-refractivity contribution is -0.137. The van der Waals surface area contributed by atoms with E-state index in [0.29, 0.717) is 17.4 Å².